The summed E-state index contributed by atoms with van der Waals surface area (Å²) in [6.45, 7) is 0. The van der Waals surface area contributed by atoms with Crippen LogP contribution in [0, 0.1) is 5.82 Å². The van der Waals surface area contributed by atoms with Crippen LogP contribution in [0.15, 0.2) is 40.9 Å². The van der Waals surface area contributed by atoms with E-state index in [1.165, 1.54) is 12.1 Å². The maximum Gasteiger partial charge on any atom is 0.167 e. The van der Waals surface area contributed by atoms with Crippen LogP contribution < -0.4 is 10.5 Å². The Labute approximate surface area is 124 Å². The molecule has 5 heteroatoms. The number of halogens is 2. The van der Waals surface area contributed by atoms with Crippen molar-refractivity contribution in [3.63, 3.8) is 0 Å². The van der Waals surface area contributed by atoms with E-state index in [0.29, 0.717) is 11.3 Å². The van der Waals surface area contributed by atoms with Crippen molar-refractivity contribution in [3.8, 4) is 5.75 Å². The molecule has 0 saturated heterocycles. The molecule has 2 N–H and O–H groups in total. The lowest BCUT2D eigenvalue weighted by Gasteiger charge is -2.07. The second-order valence-corrected chi connectivity index (χ2v) is 5.15. The highest BCUT2D eigenvalue weighted by molar-refractivity contribution is 9.10. The van der Waals surface area contributed by atoms with E-state index in [1.54, 1.807) is 19.2 Å². The van der Waals surface area contributed by atoms with Gasteiger partial charge >= 0.3 is 0 Å². The molecule has 20 heavy (non-hydrogen) atoms. The molecular formula is C15H13BrFNO2. The Morgan fingerprint density at radius 3 is 2.70 bits per heavy atom. The molecule has 0 unspecified atom stereocenters. The van der Waals surface area contributed by atoms with E-state index in [0.717, 1.165) is 16.1 Å². The van der Waals surface area contributed by atoms with Crippen molar-refractivity contribution in [2.75, 3.05) is 12.8 Å². The Morgan fingerprint density at radius 2 is 2.05 bits per heavy atom. The number of methoxy groups -OCH3 is 1. The van der Waals surface area contributed by atoms with Crippen molar-refractivity contribution in [1.82, 2.24) is 0 Å². The molecule has 0 saturated carbocycles. The fraction of sp³-hybridized carbons (Fsp3) is 0.133. The molecule has 0 atom stereocenters. The van der Waals surface area contributed by atoms with E-state index in [2.05, 4.69) is 15.9 Å². The van der Waals surface area contributed by atoms with Crippen LogP contribution in [-0.2, 0) is 6.42 Å². The average Bonchev–Trinajstić information content (AvgIpc) is 2.44. The molecule has 2 aromatic rings. The molecule has 0 fully saturated rings. The molecule has 0 amide bonds. The van der Waals surface area contributed by atoms with Gasteiger partial charge in [-0.05, 0) is 42.0 Å². The van der Waals surface area contributed by atoms with Gasteiger partial charge in [-0.3, -0.25) is 4.79 Å². The minimum absolute atomic E-state index is 0.0316. The zero-order valence-corrected chi connectivity index (χ0v) is 12.4. The van der Waals surface area contributed by atoms with Gasteiger partial charge in [-0.25, -0.2) is 4.39 Å². The predicted molar refractivity (Wildman–Crippen MR) is 79.5 cm³/mol. The Hall–Kier alpha value is -1.88. The lowest BCUT2D eigenvalue weighted by molar-refractivity contribution is 0.0992. The van der Waals surface area contributed by atoms with Crippen LogP contribution in [0.3, 0.4) is 0 Å². The van der Waals surface area contributed by atoms with Gasteiger partial charge in [0.25, 0.3) is 0 Å². The molecule has 104 valence electrons. The minimum Gasteiger partial charge on any atom is -0.497 e. The maximum atomic E-state index is 13.4. The van der Waals surface area contributed by atoms with Gasteiger partial charge < -0.3 is 10.5 Å². The largest absolute Gasteiger partial charge is 0.497 e. The highest BCUT2D eigenvalue weighted by atomic mass is 79.9. The summed E-state index contributed by atoms with van der Waals surface area (Å²) in [5, 5.41) is 0. The second kappa shape index (κ2) is 6.05. The van der Waals surface area contributed by atoms with Gasteiger partial charge in [-0.15, -0.1) is 0 Å². The van der Waals surface area contributed by atoms with E-state index < -0.39 is 5.82 Å². The van der Waals surface area contributed by atoms with Crippen molar-refractivity contribution in [2.45, 2.75) is 6.42 Å². The monoisotopic (exact) mass is 337 g/mol. The molecule has 0 radical (unpaired) electrons. The number of Topliss-reactive ketones (excluding diaryl/α,β-unsaturated/α-hetero) is 1. The number of ether oxygens (including phenoxy) is 1. The molecule has 2 rings (SSSR count). The molecule has 0 aliphatic heterocycles. The van der Waals surface area contributed by atoms with E-state index in [-0.39, 0.29) is 17.9 Å². The standard InChI is InChI=1S/C15H13BrFNO2/c1-20-11-3-4-12(16)10(6-11)8-15(19)9-2-5-14(18)13(17)7-9/h2-7H,8,18H2,1H3. The zero-order valence-electron chi connectivity index (χ0n) is 10.8. The van der Waals surface area contributed by atoms with Crippen molar-refractivity contribution in [1.29, 1.82) is 0 Å². The first-order valence-electron chi connectivity index (χ1n) is 5.92. The first kappa shape index (κ1) is 14.5. The molecule has 0 aliphatic carbocycles. The highest BCUT2D eigenvalue weighted by Crippen LogP contribution is 2.24. The number of benzene rings is 2. The quantitative estimate of drug-likeness (QED) is 0.685. The van der Waals surface area contributed by atoms with Crippen LogP contribution in [0.1, 0.15) is 15.9 Å². The summed E-state index contributed by atoms with van der Waals surface area (Å²) in [6, 6.07) is 9.45. The fourth-order valence-electron chi connectivity index (χ4n) is 1.79. The molecule has 0 bridgehead atoms. The van der Waals surface area contributed by atoms with Gasteiger partial charge in [0.1, 0.15) is 11.6 Å². The molecule has 0 aliphatic rings. The highest BCUT2D eigenvalue weighted by Gasteiger charge is 2.12. The fourth-order valence-corrected chi connectivity index (χ4v) is 2.18. The molecule has 0 spiro atoms. The van der Waals surface area contributed by atoms with Crippen molar-refractivity contribution >= 4 is 27.4 Å². The lowest BCUT2D eigenvalue weighted by Crippen LogP contribution is -2.05. The first-order valence-corrected chi connectivity index (χ1v) is 6.71. The Morgan fingerprint density at radius 1 is 1.30 bits per heavy atom. The average molecular weight is 338 g/mol. The van der Waals surface area contributed by atoms with Crippen molar-refractivity contribution < 1.29 is 13.9 Å². The van der Waals surface area contributed by atoms with Gasteiger partial charge in [-0.2, -0.15) is 0 Å². The van der Waals surface area contributed by atoms with Crippen LogP contribution >= 0.6 is 15.9 Å². The summed E-state index contributed by atoms with van der Waals surface area (Å²) in [7, 11) is 1.56. The van der Waals surface area contributed by atoms with Gasteiger partial charge in [0, 0.05) is 16.5 Å². The van der Waals surface area contributed by atoms with Crippen LogP contribution in [-0.4, -0.2) is 12.9 Å². The number of carbonyl (C=O) groups excluding carboxylic acids is 1. The molecule has 0 aromatic heterocycles. The van der Waals surface area contributed by atoms with E-state index >= 15 is 0 Å². The van der Waals surface area contributed by atoms with Gasteiger partial charge in [-0.1, -0.05) is 15.9 Å². The van der Waals surface area contributed by atoms with Gasteiger partial charge in [0.05, 0.1) is 12.8 Å². The zero-order chi connectivity index (χ0) is 14.7. The summed E-state index contributed by atoms with van der Waals surface area (Å²) in [4.78, 5) is 12.2. The first-order chi connectivity index (χ1) is 9.51. The Bertz CT molecular complexity index is 658. The molecular weight excluding hydrogens is 325 g/mol. The number of carbonyl (C=O) groups is 1. The van der Waals surface area contributed by atoms with Crippen LogP contribution in [0.4, 0.5) is 10.1 Å². The Balaban J connectivity index is 2.25. The third-order valence-electron chi connectivity index (χ3n) is 2.93. The van der Waals surface area contributed by atoms with Crippen molar-refractivity contribution in [2.24, 2.45) is 0 Å². The Kier molecular flexibility index (Phi) is 4.39. The van der Waals surface area contributed by atoms with Crippen molar-refractivity contribution in [3.05, 3.63) is 57.8 Å². The van der Waals surface area contributed by atoms with E-state index in [1.807, 2.05) is 6.07 Å². The van der Waals surface area contributed by atoms with E-state index in [4.69, 9.17) is 10.5 Å². The third kappa shape index (κ3) is 3.17. The third-order valence-corrected chi connectivity index (χ3v) is 3.70. The SMILES string of the molecule is COc1ccc(Br)c(CC(=O)c2ccc(N)c(F)c2)c1. The molecule has 2 aromatic carbocycles. The van der Waals surface area contributed by atoms with Crippen LogP contribution in [0.25, 0.3) is 0 Å². The second-order valence-electron chi connectivity index (χ2n) is 4.29. The van der Waals surface area contributed by atoms with E-state index in [9.17, 15) is 9.18 Å². The summed E-state index contributed by atoms with van der Waals surface area (Å²) in [6.07, 6.45) is 0.154. The molecule has 0 heterocycles. The summed E-state index contributed by atoms with van der Waals surface area (Å²) < 4.78 is 19.3. The molecule has 3 nitrogen and oxygen atoms in total. The van der Waals surface area contributed by atoms with Crippen LogP contribution in [0.2, 0.25) is 0 Å². The normalized spacial score (nSPS) is 10.3. The number of hydrogen-bond donors (Lipinski definition) is 1. The van der Waals surface area contributed by atoms with Gasteiger partial charge in [0.15, 0.2) is 5.78 Å². The number of nitrogen functional groups attached to an aromatic ring is 1. The topological polar surface area (TPSA) is 52.3 Å². The smallest absolute Gasteiger partial charge is 0.167 e. The summed E-state index contributed by atoms with van der Waals surface area (Å²) in [5.74, 6) is -0.0992. The lowest BCUT2D eigenvalue weighted by atomic mass is 10.0. The number of anilines is 1. The van der Waals surface area contributed by atoms with Gasteiger partial charge in [0.2, 0.25) is 0 Å². The minimum atomic E-state index is -0.583. The number of ketones is 1. The number of nitrogens with two attached hydrogens (primary N) is 1. The number of hydrogen-bond acceptors (Lipinski definition) is 3. The summed E-state index contributed by atoms with van der Waals surface area (Å²) in [5.41, 5.74) is 6.51. The van der Waals surface area contributed by atoms with Crippen LogP contribution in [0.5, 0.6) is 5.75 Å². The summed E-state index contributed by atoms with van der Waals surface area (Å²) >= 11 is 3.38. The predicted octanol–water partition coefficient (Wildman–Crippen LogP) is 3.60. The maximum absolute atomic E-state index is 13.4. The number of rotatable bonds is 4.